The molecular weight excluding hydrogens is 308 g/mol. The highest BCUT2D eigenvalue weighted by Gasteiger charge is 2.56. The van der Waals surface area contributed by atoms with Gasteiger partial charge in [-0.3, -0.25) is 5.32 Å². The predicted octanol–water partition coefficient (Wildman–Crippen LogP) is 3.04. The van der Waals surface area contributed by atoms with Gasteiger partial charge in [-0.15, -0.1) is 0 Å². The average Bonchev–Trinajstić information content (AvgIpc) is 3.19. The van der Waals surface area contributed by atoms with Gasteiger partial charge in [0.05, 0.1) is 12.1 Å². The van der Waals surface area contributed by atoms with Crippen LogP contribution in [0.2, 0.25) is 0 Å². The van der Waals surface area contributed by atoms with Gasteiger partial charge in [0, 0.05) is 25.0 Å². The van der Waals surface area contributed by atoms with Crippen LogP contribution in [0.3, 0.4) is 0 Å². The summed E-state index contributed by atoms with van der Waals surface area (Å²) >= 11 is 0. The summed E-state index contributed by atoms with van der Waals surface area (Å²) in [4.78, 5) is 2.40. The molecule has 2 heterocycles. The van der Waals surface area contributed by atoms with E-state index in [0.29, 0.717) is 11.8 Å². The molecule has 2 saturated heterocycles. The zero-order valence-electron chi connectivity index (χ0n) is 14.7. The summed E-state index contributed by atoms with van der Waals surface area (Å²) in [6.07, 6.45) is 1.90. The van der Waals surface area contributed by atoms with Gasteiger partial charge in [0.2, 0.25) is 0 Å². The van der Waals surface area contributed by atoms with Gasteiger partial charge in [-0.1, -0.05) is 67.3 Å². The predicted molar refractivity (Wildman–Crippen MR) is 102 cm³/mol. The van der Waals surface area contributed by atoms with Crippen molar-refractivity contribution in [2.75, 3.05) is 26.7 Å². The number of benzene rings is 2. The fourth-order valence-corrected chi connectivity index (χ4v) is 4.88. The molecule has 0 aromatic heterocycles. The van der Waals surface area contributed by atoms with Crippen molar-refractivity contribution in [2.45, 2.75) is 11.6 Å². The average molecular weight is 334 g/mol. The Morgan fingerprint density at radius 1 is 1.20 bits per heavy atom. The van der Waals surface area contributed by atoms with Crippen molar-refractivity contribution in [3.8, 4) is 0 Å². The molecule has 2 aromatic carbocycles. The van der Waals surface area contributed by atoms with Crippen molar-refractivity contribution in [1.82, 2.24) is 10.2 Å². The number of rotatable bonds is 4. The van der Waals surface area contributed by atoms with E-state index < -0.39 is 0 Å². The van der Waals surface area contributed by atoms with Crippen molar-refractivity contribution in [2.24, 2.45) is 11.8 Å². The summed E-state index contributed by atoms with van der Waals surface area (Å²) in [5.41, 5.74) is 3.23. The molecule has 3 heteroatoms. The lowest BCUT2D eigenvalue weighted by molar-refractivity contribution is 0.129. The Kier molecular flexibility index (Phi) is 4.24. The third kappa shape index (κ3) is 2.63. The molecule has 2 fully saturated rings. The Morgan fingerprint density at radius 3 is 2.72 bits per heavy atom. The normalized spacial score (nSPS) is 31.8. The van der Waals surface area contributed by atoms with Gasteiger partial charge in [-0.05, 0) is 29.7 Å². The summed E-state index contributed by atoms with van der Waals surface area (Å²) in [7, 11) is 2.18. The van der Waals surface area contributed by atoms with Gasteiger partial charge >= 0.3 is 0 Å². The van der Waals surface area contributed by atoms with Crippen LogP contribution in [0.5, 0.6) is 0 Å². The number of nitrogens with one attached hydrogen (secondary N) is 1. The first-order valence-corrected chi connectivity index (χ1v) is 9.03. The second-order valence-electron chi connectivity index (χ2n) is 7.48. The van der Waals surface area contributed by atoms with E-state index in [2.05, 4.69) is 72.4 Å². The largest absolute Gasteiger partial charge is 0.394 e. The highest BCUT2D eigenvalue weighted by molar-refractivity contribution is 5.49. The van der Waals surface area contributed by atoms with Crippen LogP contribution in [0.15, 0.2) is 61.2 Å². The summed E-state index contributed by atoms with van der Waals surface area (Å²) in [5, 5.41) is 14.3. The molecule has 0 unspecified atom stereocenters. The van der Waals surface area contributed by atoms with Gasteiger partial charge in [0.15, 0.2) is 0 Å². The molecule has 25 heavy (non-hydrogen) atoms. The number of hydrogen-bond acceptors (Lipinski definition) is 3. The monoisotopic (exact) mass is 334 g/mol. The first-order valence-electron chi connectivity index (χ1n) is 9.03. The van der Waals surface area contributed by atoms with Gasteiger partial charge in [-0.25, -0.2) is 0 Å². The van der Waals surface area contributed by atoms with E-state index >= 15 is 0 Å². The topological polar surface area (TPSA) is 35.5 Å². The fraction of sp³-hybridized carbons (Fsp3) is 0.364. The van der Waals surface area contributed by atoms with E-state index in [1.54, 1.807) is 0 Å². The zero-order valence-corrected chi connectivity index (χ0v) is 14.7. The molecular formula is C22H26N2O. The first kappa shape index (κ1) is 16.5. The van der Waals surface area contributed by atoms with Gasteiger partial charge in [0.1, 0.15) is 0 Å². The Hall–Kier alpha value is -1.94. The molecule has 0 radical (unpaired) electrons. The lowest BCUT2D eigenvalue weighted by Gasteiger charge is -2.35. The zero-order chi connectivity index (χ0) is 17.4. The van der Waals surface area contributed by atoms with E-state index in [-0.39, 0.29) is 18.2 Å². The lowest BCUT2D eigenvalue weighted by atomic mass is 9.76. The van der Waals surface area contributed by atoms with Crippen LogP contribution < -0.4 is 5.32 Å². The molecule has 0 aliphatic carbocycles. The minimum absolute atomic E-state index is 0.115. The van der Waals surface area contributed by atoms with E-state index in [9.17, 15) is 5.11 Å². The second-order valence-corrected chi connectivity index (χ2v) is 7.48. The Bertz CT molecular complexity index is 760. The molecule has 3 nitrogen and oxygen atoms in total. The molecule has 130 valence electrons. The molecule has 4 rings (SSSR count). The Labute approximate surface area is 150 Å². The molecule has 2 N–H and O–H groups in total. The van der Waals surface area contributed by atoms with Crippen LogP contribution in [-0.2, 0) is 5.54 Å². The minimum atomic E-state index is -0.383. The summed E-state index contributed by atoms with van der Waals surface area (Å²) in [5.74, 6) is 0.875. The third-order valence-electron chi connectivity index (χ3n) is 6.07. The maximum atomic E-state index is 10.5. The number of likely N-dealkylation sites (tertiary alicyclic amines) is 1. The lowest BCUT2D eigenvalue weighted by Crippen LogP contribution is -2.47. The van der Waals surface area contributed by atoms with Crippen molar-refractivity contribution in [3.05, 3.63) is 77.9 Å². The highest BCUT2D eigenvalue weighted by atomic mass is 16.3. The van der Waals surface area contributed by atoms with Crippen LogP contribution in [0.25, 0.3) is 6.08 Å². The van der Waals surface area contributed by atoms with E-state index in [0.717, 1.165) is 18.7 Å². The maximum Gasteiger partial charge on any atom is 0.0718 e. The molecule has 0 amide bonds. The molecule has 4 atom stereocenters. The van der Waals surface area contributed by atoms with Crippen LogP contribution in [0.4, 0.5) is 0 Å². The maximum absolute atomic E-state index is 10.5. The van der Waals surface area contributed by atoms with Crippen molar-refractivity contribution in [3.63, 3.8) is 0 Å². The molecule has 0 spiro atoms. The smallest absolute Gasteiger partial charge is 0.0718 e. The number of fused-ring (bicyclic) bond motifs is 1. The third-order valence-corrected chi connectivity index (χ3v) is 6.07. The number of aliphatic hydroxyl groups is 1. The molecule has 0 saturated carbocycles. The van der Waals surface area contributed by atoms with Gasteiger partial charge in [0.25, 0.3) is 0 Å². The molecule has 2 aliphatic heterocycles. The van der Waals surface area contributed by atoms with Gasteiger partial charge < -0.3 is 10.0 Å². The minimum Gasteiger partial charge on any atom is -0.394 e. The molecule has 0 bridgehead atoms. The van der Waals surface area contributed by atoms with Crippen LogP contribution in [0, 0.1) is 11.8 Å². The summed E-state index contributed by atoms with van der Waals surface area (Å²) in [6, 6.07) is 19.3. The second kappa shape index (κ2) is 6.41. The number of hydrogen-bond donors (Lipinski definition) is 2. The van der Waals surface area contributed by atoms with Crippen molar-refractivity contribution in [1.29, 1.82) is 0 Å². The first-order chi connectivity index (χ1) is 12.2. The van der Waals surface area contributed by atoms with Crippen LogP contribution >= 0.6 is 0 Å². The molecule has 2 aromatic rings. The van der Waals surface area contributed by atoms with E-state index in [4.69, 9.17) is 0 Å². The number of nitrogens with zero attached hydrogens (tertiary/aromatic N) is 1. The van der Waals surface area contributed by atoms with Gasteiger partial charge in [-0.2, -0.15) is 0 Å². The standard InChI is InChI=1S/C22H26N2O/c1-3-16-8-7-9-17(12-16)21-19-13-24(2)14-20(19)22(15-25,23-21)18-10-5-4-6-11-18/h3-12,19-21,23,25H,1,13-15H2,2H3/t19-,20+,21-,22-/m0/s1. The van der Waals surface area contributed by atoms with E-state index in [1.165, 1.54) is 11.1 Å². The number of aliphatic hydroxyl groups excluding tert-OH is 1. The Morgan fingerprint density at radius 2 is 2.00 bits per heavy atom. The fourth-order valence-electron chi connectivity index (χ4n) is 4.88. The van der Waals surface area contributed by atoms with Crippen molar-refractivity contribution < 1.29 is 5.11 Å². The van der Waals surface area contributed by atoms with Crippen molar-refractivity contribution >= 4 is 6.08 Å². The summed E-state index contributed by atoms with van der Waals surface area (Å²) < 4.78 is 0. The molecule has 2 aliphatic rings. The quantitative estimate of drug-likeness (QED) is 0.902. The SMILES string of the molecule is C=Cc1cccc([C@@H]2N[C@@](CO)(c3ccccc3)[C@@H]3CN(C)C[C@@H]32)c1. The van der Waals surface area contributed by atoms with Crippen LogP contribution in [-0.4, -0.2) is 36.8 Å². The Balaban J connectivity index is 1.79. The van der Waals surface area contributed by atoms with Crippen LogP contribution in [0.1, 0.15) is 22.7 Å². The summed E-state index contributed by atoms with van der Waals surface area (Å²) in [6.45, 7) is 6.07. The highest BCUT2D eigenvalue weighted by Crippen LogP contribution is 2.51. The van der Waals surface area contributed by atoms with E-state index in [1.807, 2.05) is 12.1 Å².